The molecule has 0 saturated heterocycles. The highest BCUT2D eigenvalue weighted by molar-refractivity contribution is 9.10. The van der Waals surface area contributed by atoms with Crippen molar-refractivity contribution >= 4 is 32.4 Å². The van der Waals surface area contributed by atoms with Crippen LogP contribution in [-0.2, 0) is 6.54 Å². The summed E-state index contributed by atoms with van der Waals surface area (Å²) in [7, 11) is 0. The van der Waals surface area contributed by atoms with Crippen LogP contribution in [0.1, 0.15) is 10.4 Å². The van der Waals surface area contributed by atoms with Gasteiger partial charge in [0.2, 0.25) is 0 Å². The summed E-state index contributed by atoms with van der Waals surface area (Å²) < 4.78 is 1.08. The van der Waals surface area contributed by atoms with E-state index in [2.05, 4.69) is 64.6 Å². The lowest BCUT2D eigenvalue weighted by atomic mass is 10.1. The molecule has 2 nitrogen and oxygen atoms in total. The van der Waals surface area contributed by atoms with Crippen molar-refractivity contribution in [3.63, 3.8) is 0 Å². The highest BCUT2D eigenvalue weighted by Gasteiger charge is 2.09. The number of aromatic nitrogens is 1. The fourth-order valence-electron chi connectivity index (χ4n) is 2.15. The summed E-state index contributed by atoms with van der Waals surface area (Å²) in [4.78, 5) is 5.95. The first-order chi connectivity index (χ1) is 10.2. The fourth-order valence-corrected chi connectivity index (χ4v) is 3.38. The lowest BCUT2D eigenvalue weighted by Crippen LogP contribution is -1.98. The van der Waals surface area contributed by atoms with Crippen molar-refractivity contribution in [2.45, 2.75) is 13.5 Å². The van der Waals surface area contributed by atoms with Gasteiger partial charge in [0, 0.05) is 21.5 Å². The van der Waals surface area contributed by atoms with Gasteiger partial charge in [0.25, 0.3) is 0 Å². The summed E-state index contributed by atoms with van der Waals surface area (Å²) in [5.41, 5.74) is 3.46. The number of rotatable bonds is 4. The van der Waals surface area contributed by atoms with E-state index in [0.717, 1.165) is 27.4 Å². The van der Waals surface area contributed by atoms with E-state index in [0.29, 0.717) is 0 Å². The third-order valence-electron chi connectivity index (χ3n) is 3.18. The van der Waals surface area contributed by atoms with E-state index in [-0.39, 0.29) is 0 Å². The Morgan fingerprint density at radius 3 is 2.67 bits per heavy atom. The molecule has 0 fully saturated rings. The van der Waals surface area contributed by atoms with Crippen molar-refractivity contribution in [3.05, 3.63) is 69.5 Å². The molecule has 2 aromatic carbocycles. The van der Waals surface area contributed by atoms with Gasteiger partial charge in [-0.25, -0.2) is 4.98 Å². The molecule has 0 bridgehead atoms. The number of nitrogens with zero attached hydrogens (tertiary/aromatic N) is 1. The van der Waals surface area contributed by atoms with Crippen LogP contribution < -0.4 is 5.32 Å². The molecule has 0 unspecified atom stereocenters. The Morgan fingerprint density at radius 1 is 1.10 bits per heavy atom. The maximum Gasteiger partial charge on any atom is 0.183 e. The molecule has 0 amide bonds. The zero-order valence-corrected chi connectivity index (χ0v) is 14.0. The van der Waals surface area contributed by atoms with Gasteiger partial charge < -0.3 is 5.32 Å². The van der Waals surface area contributed by atoms with Crippen molar-refractivity contribution in [1.29, 1.82) is 0 Å². The van der Waals surface area contributed by atoms with Crippen molar-refractivity contribution in [3.8, 4) is 11.3 Å². The quantitative estimate of drug-likeness (QED) is 0.666. The Balaban J connectivity index is 1.78. The number of halogens is 1. The third kappa shape index (κ3) is 3.52. The highest BCUT2D eigenvalue weighted by atomic mass is 79.9. The topological polar surface area (TPSA) is 24.9 Å². The van der Waals surface area contributed by atoms with Gasteiger partial charge in [0.15, 0.2) is 5.13 Å². The zero-order chi connectivity index (χ0) is 14.7. The monoisotopic (exact) mass is 358 g/mol. The van der Waals surface area contributed by atoms with E-state index in [9.17, 15) is 0 Å². The van der Waals surface area contributed by atoms with Crippen molar-refractivity contribution in [2.24, 2.45) is 0 Å². The second-order valence-electron chi connectivity index (χ2n) is 4.77. The Kier molecular flexibility index (Phi) is 4.36. The number of anilines is 1. The van der Waals surface area contributed by atoms with Crippen molar-refractivity contribution in [1.82, 2.24) is 4.98 Å². The molecular weight excluding hydrogens is 344 g/mol. The first-order valence-corrected chi connectivity index (χ1v) is 8.34. The zero-order valence-electron chi connectivity index (χ0n) is 11.6. The van der Waals surface area contributed by atoms with Gasteiger partial charge in [-0.2, -0.15) is 0 Å². The van der Waals surface area contributed by atoms with E-state index >= 15 is 0 Å². The molecule has 0 saturated carbocycles. The number of thiazole rings is 1. The maximum absolute atomic E-state index is 4.72. The van der Waals surface area contributed by atoms with Crippen molar-refractivity contribution in [2.75, 3.05) is 5.32 Å². The van der Waals surface area contributed by atoms with E-state index in [1.165, 1.54) is 10.4 Å². The average Bonchev–Trinajstić information content (AvgIpc) is 2.87. The second kappa shape index (κ2) is 6.41. The number of hydrogen-bond donors (Lipinski definition) is 1. The molecule has 1 N–H and O–H groups in total. The number of nitrogens with one attached hydrogen (secondary N) is 1. The van der Waals surface area contributed by atoms with Crippen LogP contribution in [0.2, 0.25) is 0 Å². The molecule has 0 aliphatic heterocycles. The Labute approximate surface area is 137 Å². The van der Waals surface area contributed by atoms with Gasteiger partial charge in [0.1, 0.15) is 0 Å². The van der Waals surface area contributed by atoms with Gasteiger partial charge in [-0.3, -0.25) is 0 Å². The molecular formula is C17H15BrN2S. The molecule has 1 aromatic heterocycles. The van der Waals surface area contributed by atoms with E-state index < -0.39 is 0 Å². The first kappa shape index (κ1) is 14.3. The predicted octanol–water partition coefficient (Wildman–Crippen LogP) is 5.49. The summed E-state index contributed by atoms with van der Waals surface area (Å²) in [6.07, 6.45) is 0. The van der Waals surface area contributed by atoms with E-state index in [1.54, 1.807) is 11.3 Å². The van der Waals surface area contributed by atoms with Crippen LogP contribution in [0.3, 0.4) is 0 Å². The predicted molar refractivity (Wildman–Crippen MR) is 93.8 cm³/mol. The maximum atomic E-state index is 4.72. The van der Waals surface area contributed by atoms with Gasteiger partial charge >= 0.3 is 0 Å². The second-order valence-corrected chi connectivity index (χ2v) is 6.89. The lowest BCUT2D eigenvalue weighted by molar-refractivity contribution is 1.13. The van der Waals surface area contributed by atoms with Crippen LogP contribution >= 0.6 is 27.3 Å². The van der Waals surface area contributed by atoms with Crippen LogP contribution in [0.25, 0.3) is 11.3 Å². The molecule has 21 heavy (non-hydrogen) atoms. The van der Waals surface area contributed by atoms with Gasteiger partial charge in [-0.15, -0.1) is 11.3 Å². The summed E-state index contributed by atoms with van der Waals surface area (Å²) in [5, 5.41) is 4.37. The minimum Gasteiger partial charge on any atom is -0.357 e. The molecule has 0 aliphatic rings. The van der Waals surface area contributed by atoms with Crippen LogP contribution in [0.5, 0.6) is 0 Å². The summed E-state index contributed by atoms with van der Waals surface area (Å²) in [6.45, 7) is 2.91. The molecule has 4 heteroatoms. The summed E-state index contributed by atoms with van der Waals surface area (Å²) in [6, 6.07) is 18.6. The summed E-state index contributed by atoms with van der Waals surface area (Å²) in [5.74, 6) is 0. The lowest BCUT2D eigenvalue weighted by Gasteiger charge is -2.02. The van der Waals surface area contributed by atoms with Gasteiger partial charge in [0.05, 0.1) is 5.69 Å². The van der Waals surface area contributed by atoms with Crippen molar-refractivity contribution < 1.29 is 0 Å². The molecule has 0 aliphatic carbocycles. The minimum absolute atomic E-state index is 0.797. The SMILES string of the molecule is Cc1sc(NCc2ccccc2)nc1-c1cccc(Br)c1. The number of benzene rings is 2. The van der Waals surface area contributed by atoms with Gasteiger partial charge in [-0.1, -0.05) is 58.4 Å². The fraction of sp³-hybridized carbons (Fsp3) is 0.118. The first-order valence-electron chi connectivity index (χ1n) is 6.73. The van der Waals surface area contributed by atoms with Gasteiger partial charge in [-0.05, 0) is 24.6 Å². The Hall–Kier alpha value is -1.65. The minimum atomic E-state index is 0.797. The molecule has 1 heterocycles. The molecule has 0 atom stereocenters. The third-order valence-corrected chi connectivity index (χ3v) is 4.60. The molecule has 106 valence electrons. The van der Waals surface area contributed by atoms with E-state index in [1.807, 2.05) is 18.2 Å². The van der Waals surface area contributed by atoms with Crippen LogP contribution in [0.4, 0.5) is 5.13 Å². The molecule has 0 spiro atoms. The highest BCUT2D eigenvalue weighted by Crippen LogP contribution is 2.31. The molecule has 3 aromatic rings. The van der Waals surface area contributed by atoms with E-state index in [4.69, 9.17) is 4.98 Å². The smallest absolute Gasteiger partial charge is 0.183 e. The van der Waals surface area contributed by atoms with Crippen LogP contribution in [-0.4, -0.2) is 4.98 Å². The molecule has 3 rings (SSSR count). The standard InChI is InChI=1S/C17H15BrN2S/c1-12-16(14-8-5-9-15(18)10-14)20-17(21-12)19-11-13-6-3-2-4-7-13/h2-10H,11H2,1H3,(H,19,20). The Morgan fingerprint density at radius 2 is 1.90 bits per heavy atom. The average molecular weight is 359 g/mol. The molecule has 0 radical (unpaired) electrons. The summed E-state index contributed by atoms with van der Waals surface area (Å²) >= 11 is 5.21. The van der Waals surface area contributed by atoms with Crippen LogP contribution in [0.15, 0.2) is 59.1 Å². The number of aryl methyl sites for hydroxylation is 1. The van der Waals surface area contributed by atoms with Crippen LogP contribution in [0, 0.1) is 6.92 Å². The normalized spacial score (nSPS) is 10.6. The largest absolute Gasteiger partial charge is 0.357 e. The number of hydrogen-bond acceptors (Lipinski definition) is 3. The Bertz CT molecular complexity index is 738.